The van der Waals surface area contributed by atoms with Crippen LogP contribution in [0.2, 0.25) is 0 Å². The predicted molar refractivity (Wildman–Crippen MR) is 76.9 cm³/mol. The third-order valence-corrected chi connectivity index (χ3v) is 2.95. The van der Waals surface area contributed by atoms with E-state index in [1.54, 1.807) is 30.2 Å². The number of hydrogen-bond acceptors (Lipinski definition) is 5. The number of rotatable bonds is 4. The molecular weight excluding hydrogens is 308 g/mol. The quantitative estimate of drug-likeness (QED) is 0.641. The molecule has 0 saturated carbocycles. The van der Waals surface area contributed by atoms with Crippen LogP contribution in [0.1, 0.15) is 11.1 Å². The molecule has 0 fully saturated rings. The molecule has 0 amide bonds. The van der Waals surface area contributed by atoms with Gasteiger partial charge in [-0.3, -0.25) is 4.68 Å². The maximum atomic E-state index is 12.2. The SMILES string of the molecule is Cn1cc(C=C2N=C(c3cccc(OC(F)F)c3)OC2=O)cn1. The van der Waals surface area contributed by atoms with Crippen molar-refractivity contribution in [1.82, 2.24) is 9.78 Å². The highest BCUT2D eigenvalue weighted by molar-refractivity contribution is 6.12. The van der Waals surface area contributed by atoms with Crippen LogP contribution < -0.4 is 4.74 Å². The van der Waals surface area contributed by atoms with Crippen LogP contribution >= 0.6 is 0 Å². The molecule has 0 aliphatic carbocycles. The Morgan fingerprint density at radius 3 is 2.91 bits per heavy atom. The molecule has 23 heavy (non-hydrogen) atoms. The fourth-order valence-electron chi connectivity index (χ4n) is 2.01. The second-order valence-corrected chi connectivity index (χ2v) is 4.69. The Kier molecular flexibility index (Phi) is 3.88. The highest BCUT2D eigenvalue weighted by Gasteiger charge is 2.24. The first-order valence-electron chi connectivity index (χ1n) is 6.58. The Morgan fingerprint density at radius 1 is 1.39 bits per heavy atom. The number of cyclic esters (lactones) is 1. The Morgan fingerprint density at radius 2 is 2.22 bits per heavy atom. The Hall–Kier alpha value is -3.03. The molecule has 1 aromatic heterocycles. The average Bonchev–Trinajstić information content (AvgIpc) is 3.06. The third-order valence-electron chi connectivity index (χ3n) is 2.95. The predicted octanol–water partition coefficient (Wildman–Crippen LogP) is 2.37. The summed E-state index contributed by atoms with van der Waals surface area (Å²) in [7, 11) is 1.75. The van der Waals surface area contributed by atoms with Crippen LogP contribution in [0.5, 0.6) is 5.75 Å². The van der Waals surface area contributed by atoms with Crippen LogP contribution in [0.3, 0.4) is 0 Å². The number of aryl methyl sites for hydroxylation is 1. The lowest BCUT2D eigenvalue weighted by Gasteiger charge is -2.05. The summed E-state index contributed by atoms with van der Waals surface area (Å²) >= 11 is 0. The van der Waals surface area contributed by atoms with Crippen LogP contribution in [0.25, 0.3) is 6.08 Å². The Bertz CT molecular complexity index is 812. The summed E-state index contributed by atoms with van der Waals surface area (Å²) in [5, 5.41) is 3.98. The molecular formula is C15H11F2N3O3. The lowest BCUT2D eigenvalue weighted by molar-refractivity contribution is -0.129. The topological polar surface area (TPSA) is 65.7 Å². The Balaban J connectivity index is 1.88. The number of benzene rings is 1. The summed E-state index contributed by atoms with van der Waals surface area (Å²) in [5.41, 5.74) is 1.17. The van der Waals surface area contributed by atoms with Crippen LogP contribution in [-0.2, 0) is 16.6 Å². The lowest BCUT2D eigenvalue weighted by Crippen LogP contribution is -2.07. The van der Waals surface area contributed by atoms with Crippen LogP contribution in [-0.4, -0.2) is 28.3 Å². The van der Waals surface area contributed by atoms with Gasteiger partial charge in [0.2, 0.25) is 5.90 Å². The van der Waals surface area contributed by atoms with Crippen molar-refractivity contribution in [3.05, 3.63) is 53.5 Å². The van der Waals surface area contributed by atoms with Gasteiger partial charge < -0.3 is 9.47 Å². The van der Waals surface area contributed by atoms with Gasteiger partial charge in [-0.05, 0) is 24.3 Å². The van der Waals surface area contributed by atoms with E-state index in [2.05, 4.69) is 14.8 Å². The van der Waals surface area contributed by atoms with E-state index in [-0.39, 0.29) is 17.3 Å². The summed E-state index contributed by atoms with van der Waals surface area (Å²) in [6, 6.07) is 5.79. The van der Waals surface area contributed by atoms with Gasteiger partial charge >= 0.3 is 12.6 Å². The molecule has 3 rings (SSSR count). The largest absolute Gasteiger partial charge is 0.435 e. The van der Waals surface area contributed by atoms with Crippen molar-refractivity contribution in [3.8, 4) is 5.75 Å². The number of esters is 1. The molecule has 0 saturated heterocycles. The monoisotopic (exact) mass is 319 g/mol. The van der Waals surface area contributed by atoms with E-state index in [1.165, 1.54) is 24.3 Å². The molecule has 0 atom stereocenters. The highest BCUT2D eigenvalue weighted by Crippen LogP contribution is 2.22. The summed E-state index contributed by atoms with van der Waals surface area (Å²) in [6.07, 6.45) is 4.82. The third kappa shape index (κ3) is 3.42. The Labute approximate surface area is 129 Å². The van der Waals surface area contributed by atoms with Crippen LogP contribution in [0, 0.1) is 0 Å². The van der Waals surface area contributed by atoms with Gasteiger partial charge in [0.25, 0.3) is 0 Å². The van der Waals surface area contributed by atoms with Gasteiger partial charge in [-0.1, -0.05) is 6.07 Å². The van der Waals surface area contributed by atoms with Crippen molar-refractivity contribution >= 4 is 17.9 Å². The molecule has 2 aromatic rings. The maximum absolute atomic E-state index is 12.2. The molecule has 6 nitrogen and oxygen atoms in total. The molecule has 0 spiro atoms. The van der Waals surface area contributed by atoms with Crippen molar-refractivity contribution in [1.29, 1.82) is 0 Å². The number of nitrogens with zero attached hydrogens (tertiary/aromatic N) is 3. The molecule has 8 heteroatoms. The maximum Gasteiger partial charge on any atom is 0.387 e. The minimum absolute atomic E-state index is 0.0323. The fraction of sp³-hybridized carbons (Fsp3) is 0.133. The number of aromatic nitrogens is 2. The van der Waals surface area contributed by atoms with Crippen molar-refractivity contribution < 1.29 is 23.0 Å². The molecule has 118 valence electrons. The first-order valence-corrected chi connectivity index (χ1v) is 6.58. The number of halogens is 2. The number of alkyl halides is 2. The first-order chi connectivity index (χ1) is 11.0. The number of aliphatic imine (C=N–C) groups is 1. The highest BCUT2D eigenvalue weighted by atomic mass is 19.3. The van der Waals surface area contributed by atoms with Gasteiger partial charge in [-0.25, -0.2) is 9.79 Å². The number of ether oxygens (including phenoxy) is 2. The van der Waals surface area contributed by atoms with E-state index >= 15 is 0 Å². The van der Waals surface area contributed by atoms with Crippen LogP contribution in [0.15, 0.2) is 47.3 Å². The summed E-state index contributed by atoms with van der Waals surface area (Å²) < 4.78 is 35.5. The molecule has 1 aliphatic rings. The van der Waals surface area contributed by atoms with Gasteiger partial charge in [-0.2, -0.15) is 13.9 Å². The van der Waals surface area contributed by atoms with E-state index in [9.17, 15) is 13.6 Å². The number of carbonyl (C=O) groups is 1. The van der Waals surface area contributed by atoms with Crippen molar-refractivity contribution in [2.75, 3.05) is 0 Å². The molecule has 0 bridgehead atoms. The van der Waals surface area contributed by atoms with Gasteiger partial charge in [-0.15, -0.1) is 0 Å². The van der Waals surface area contributed by atoms with Gasteiger partial charge in [0.15, 0.2) is 5.70 Å². The van der Waals surface area contributed by atoms with E-state index in [0.29, 0.717) is 11.1 Å². The zero-order valence-electron chi connectivity index (χ0n) is 11.9. The molecule has 1 aromatic carbocycles. The molecule has 0 radical (unpaired) electrons. The second kappa shape index (κ2) is 5.99. The van der Waals surface area contributed by atoms with Crippen molar-refractivity contribution in [3.63, 3.8) is 0 Å². The van der Waals surface area contributed by atoms with E-state index in [1.807, 2.05) is 0 Å². The summed E-state index contributed by atoms with van der Waals surface area (Å²) in [5.74, 6) is -0.630. The smallest absolute Gasteiger partial charge is 0.387 e. The fourth-order valence-corrected chi connectivity index (χ4v) is 2.01. The molecule has 1 aliphatic heterocycles. The number of hydrogen-bond donors (Lipinski definition) is 0. The van der Waals surface area contributed by atoms with E-state index < -0.39 is 12.6 Å². The standard InChI is InChI=1S/C15H11F2N3O3/c1-20-8-9(7-18-20)5-12-14(21)23-13(19-12)10-3-2-4-11(6-10)22-15(16)17/h2-8,15H,1H3. The lowest BCUT2D eigenvalue weighted by atomic mass is 10.2. The zero-order chi connectivity index (χ0) is 16.4. The zero-order valence-corrected chi connectivity index (χ0v) is 11.9. The van der Waals surface area contributed by atoms with Crippen molar-refractivity contribution in [2.45, 2.75) is 6.61 Å². The van der Waals surface area contributed by atoms with Gasteiger partial charge in [0.05, 0.1) is 6.20 Å². The summed E-state index contributed by atoms with van der Waals surface area (Å²) in [4.78, 5) is 15.9. The molecule has 2 heterocycles. The first kappa shape index (κ1) is 14.9. The van der Waals surface area contributed by atoms with E-state index in [0.717, 1.165) is 0 Å². The molecule has 0 N–H and O–H groups in total. The van der Waals surface area contributed by atoms with Crippen LogP contribution in [0.4, 0.5) is 8.78 Å². The second-order valence-electron chi connectivity index (χ2n) is 4.69. The van der Waals surface area contributed by atoms with Gasteiger partial charge in [0.1, 0.15) is 5.75 Å². The van der Waals surface area contributed by atoms with Crippen molar-refractivity contribution in [2.24, 2.45) is 12.0 Å². The van der Waals surface area contributed by atoms with E-state index in [4.69, 9.17) is 4.74 Å². The molecule has 0 unspecified atom stereocenters. The summed E-state index contributed by atoms with van der Waals surface area (Å²) in [6.45, 7) is -2.93. The average molecular weight is 319 g/mol. The minimum Gasteiger partial charge on any atom is -0.435 e. The van der Waals surface area contributed by atoms with Gasteiger partial charge in [0, 0.05) is 24.4 Å². The number of carbonyl (C=O) groups excluding carboxylic acids is 1. The normalized spacial score (nSPS) is 15.9. The minimum atomic E-state index is -2.93.